The van der Waals surface area contributed by atoms with Crippen LogP contribution in [0.1, 0.15) is 11.1 Å². The first-order chi connectivity index (χ1) is 9.74. The Hall–Kier alpha value is -1.98. The quantitative estimate of drug-likeness (QED) is 0.806. The molecule has 0 bridgehead atoms. The van der Waals surface area contributed by atoms with Crippen LogP contribution in [-0.2, 0) is 12.3 Å². The van der Waals surface area contributed by atoms with Crippen molar-refractivity contribution >= 4 is 11.8 Å². The molecule has 1 aromatic heterocycles. The molecule has 0 aliphatic carbocycles. The summed E-state index contributed by atoms with van der Waals surface area (Å²) >= 11 is 1.34. The topological polar surface area (TPSA) is 79.4 Å². The van der Waals surface area contributed by atoms with E-state index in [0.717, 1.165) is 6.54 Å². The van der Waals surface area contributed by atoms with Crippen molar-refractivity contribution in [1.29, 1.82) is 5.26 Å². The van der Waals surface area contributed by atoms with E-state index in [2.05, 4.69) is 20.8 Å². The van der Waals surface area contributed by atoms with Gasteiger partial charge in [0.05, 0.1) is 18.2 Å². The van der Waals surface area contributed by atoms with E-state index in [1.54, 1.807) is 10.7 Å². The lowest BCUT2D eigenvalue weighted by Crippen LogP contribution is -2.16. The second kappa shape index (κ2) is 6.98. The molecule has 0 saturated carbocycles. The molecule has 0 aliphatic rings. The summed E-state index contributed by atoms with van der Waals surface area (Å²) in [6, 6.07) is 6.31. The van der Waals surface area contributed by atoms with E-state index in [1.165, 1.54) is 23.9 Å². The molecule has 0 fully saturated rings. The average molecular weight is 292 g/mol. The van der Waals surface area contributed by atoms with Crippen LogP contribution in [0.15, 0.2) is 23.4 Å². The van der Waals surface area contributed by atoms with Gasteiger partial charge in [-0.25, -0.2) is 9.07 Å². The zero-order valence-corrected chi connectivity index (χ0v) is 11.7. The van der Waals surface area contributed by atoms with Crippen molar-refractivity contribution in [3.05, 3.63) is 35.1 Å². The molecule has 20 heavy (non-hydrogen) atoms. The summed E-state index contributed by atoms with van der Waals surface area (Å²) < 4.78 is 15.3. The first-order valence-corrected chi connectivity index (χ1v) is 6.95. The minimum atomic E-state index is -0.328. The third-order valence-electron chi connectivity index (χ3n) is 2.60. The van der Waals surface area contributed by atoms with E-state index in [1.807, 2.05) is 13.1 Å². The fourth-order valence-corrected chi connectivity index (χ4v) is 2.43. The third kappa shape index (κ3) is 3.53. The van der Waals surface area contributed by atoms with Crippen molar-refractivity contribution in [2.45, 2.75) is 17.5 Å². The highest BCUT2D eigenvalue weighted by Gasteiger charge is 2.09. The SMILES string of the molecule is CNCCn1nnnc1SCc1cc(C#N)ccc1F. The van der Waals surface area contributed by atoms with Crippen LogP contribution in [0.3, 0.4) is 0 Å². The smallest absolute Gasteiger partial charge is 0.209 e. The van der Waals surface area contributed by atoms with Crippen LogP contribution >= 0.6 is 11.8 Å². The number of benzene rings is 1. The number of nitrogens with one attached hydrogen (secondary N) is 1. The van der Waals surface area contributed by atoms with Crippen molar-refractivity contribution in [1.82, 2.24) is 25.5 Å². The molecule has 0 spiro atoms. The molecule has 0 amide bonds. The minimum absolute atomic E-state index is 0.328. The van der Waals surface area contributed by atoms with E-state index in [4.69, 9.17) is 5.26 Å². The van der Waals surface area contributed by atoms with Gasteiger partial charge in [-0.3, -0.25) is 0 Å². The number of thioether (sulfide) groups is 1. The van der Waals surface area contributed by atoms with Crippen molar-refractivity contribution < 1.29 is 4.39 Å². The largest absolute Gasteiger partial charge is 0.318 e. The number of halogens is 1. The Bertz CT molecular complexity index is 621. The maximum Gasteiger partial charge on any atom is 0.209 e. The number of nitrogens with zero attached hydrogens (tertiary/aromatic N) is 5. The molecular weight excluding hydrogens is 279 g/mol. The summed E-state index contributed by atoms with van der Waals surface area (Å²) in [5, 5.41) is 23.8. The molecule has 1 heterocycles. The van der Waals surface area contributed by atoms with E-state index in [-0.39, 0.29) is 5.82 Å². The van der Waals surface area contributed by atoms with Gasteiger partial charge in [0.15, 0.2) is 0 Å². The van der Waals surface area contributed by atoms with Gasteiger partial charge in [-0.2, -0.15) is 5.26 Å². The normalized spacial score (nSPS) is 10.4. The zero-order valence-electron chi connectivity index (χ0n) is 10.9. The summed E-state index contributed by atoms with van der Waals surface area (Å²) in [5.41, 5.74) is 0.911. The van der Waals surface area contributed by atoms with Gasteiger partial charge in [0.1, 0.15) is 5.82 Å². The van der Waals surface area contributed by atoms with Gasteiger partial charge in [0.25, 0.3) is 0 Å². The number of likely N-dealkylation sites (N-methyl/N-ethyl adjacent to an activating group) is 1. The van der Waals surface area contributed by atoms with Crippen molar-refractivity contribution in [2.24, 2.45) is 0 Å². The Morgan fingerprint density at radius 3 is 3.10 bits per heavy atom. The molecule has 6 nitrogen and oxygen atoms in total. The predicted octanol–water partition coefficient (Wildman–Crippen LogP) is 1.20. The highest BCUT2D eigenvalue weighted by molar-refractivity contribution is 7.98. The summed E-state index contributed by atoms with van der Waals surface area (Å²) in [5.74, 6) is 0.0483. The monoisotopic (exact) mass is 292 g/mol. The maximum atomic E-state index is 13.6. The molecule has 0 aliphatic heterocycles. The van der Waals surface area contributed by atoms with Crippen LogP contribution in [-0.4, -0.2) is 33.8 Å². The molecule has 0 atom stereocenters. The molecule has 8 heteroatoms. The highest BCUT2D eigenvalue weighted by atomic mass is 32.2. The van der Waals surface area contributed by atoms with E-state index in [9.17, 15) is 4.39 Å². The van der Waals surface area contributed by atoms with Crippen LogP contribution in [0.4, 0.5) is 4.39 Å². The number of tetrazole rings is 1. The van der Waals surface area contributed by atoms with E-state index < -0.39 is 0 Å². The zero-order chi connectivity index (χ0) is 14.4. The summed E-state index contributed by atoms with van der Waals surface area (Å²) in [4.78, 5) is 0. The van der Waals surface area contributed by atoms with Gasteiger partial charge in [-0.15, -0.1) is 5.10 Å². The fourth-order valence-electron chi connectivity index (χ4n) is 1.56. The lowest BCUT2D eigenvalue weighted by molar-refractivity contribution is 0.530. The van der Waals surface area contributed by atoms with E-state index in [0.29, 0.717) is 28.6 Å². The average Bonchev–Trinajstić information content (AvgIpc) is 2.91. The Balaban J connectivity index is 2.05. The van der Waals surface area contributed by atoms with Gasteiger partial charge >= 0.3 is 0 Å². The number of rotatable bonds is 6. The van der Waals surface area contributed by atoms with Crippen LogP contribution in [0.5, 0.6) is 0 Å². The highest BCUT2D eigenvalue weighted by Crippen LogP contribution is 2.22. The van der Waals surface area contributed by atoms with Crippen LogP contribution in [0, 0.1) is 17.1 Å². The van der Waals surface area contributed by atoms with Gasteiger partial charge < -0.3 is 5.32 Å². The minimum Gasteiger partial charge on any atom is -0.318 e. The molecule has 1 aromatic carbocycles. The van der Waals surface area contributed by atoms with Gasteiger partial charge in [0.2, 0.25) is 5.16 Å². The number of hydrogen-bond acceptors (Lipinski definition) is 6. The van der Waals surface area contributed by atoms with E-state index >= 15 is 0 Å². The predicted molar refractivity (Wildman–Crippen MR) is 72.4 cm³/mol. The molecule has 1 N–H and O–H groups in total. The van der Waals surface area contributed by atoms with Crippen molar-refractivity contribution in [3.8, 4) is 6.07 Å². The fraction of sp³-hybridized carbons (Fsp3) is 0.333. The van der Waals surface area contributed by atoms with Crippen LogP contribution in [0.25, 0.3) is 0 Å². The number of nitriles is 1. The molecule has 104 valence electrons. The number of aromatic nitrogens is 4. The summed E-state index contributed by atoms with van der Waals surface area (Å²) in [6.45, 7) is 1.39. The Labute approximate surface area is 120 Å². The summed E-state index contributed by atoms with van der Waals surface area (Å²) in [6.07, 6.45) is 0. The lowest BCUT2D eigenvalue weighted by Gasteiger charge is -2.05. The first kappa shape index (κ1) is 14.4. The maximum absolute atomic E-state index is 13.6. The Morgan fingerprint density at radius 1 is 1.50 bits per heavy atom. The first-order valence-electron chi connectivity index (χ1n) is 5.96. The Kier molecular flexibility index (Phi) is 5.03. The number of hydrogen-bond donors (Lipinski definition) is 1. The second-order valence-electron chi connectivity index (χ2n) is 3.99. The molecular formula is C12H13FN6S. The van der Waals surface area contributed by atoms with Gasteiger partial charge in [-0.05, 0) is 41.2 Å². The molecule has 0 radical (unpaired) electrons. The van der Waals surface area contributed by atoms with Crippen molar-refractivity contribution in [2.75, 3.05) is 13.6 Å². The summed E-state index contributed by atoms with van der Waals surface area (Å²) in [7, 11) is 1.85. The molecule has 2 rings (SSSR count). The standard InChI is InChI=1S/C12H13FN6S/c1-15-4-5-19-12(16-17-18-19)20-8-10-6-9(7-14)2-3-11(10)13/h2-3,6,15H,4-5,8H2,1H3. The molecule has 2 aromatic rings. The second-order valence-corrected chi connectivity index (χ2v) is 4.94. The van der Waals surface area contributed by atoms with Gasteiger partial charge in [0, 0.05) is 12.3 Å². The lowest BCUT2D eigenvalue weighted by atomic mass is 10.1. The van der Waals surface area contributed by atoms with Crippen molar-refractivity contribution in [3.63, 3.8) is 0 Å². The third-order valence-corrected chi connectivity index (χ3v) is 3.61. The van der Waals surface area contributed by atoms with Crippen LogP contribution < -0.4 is 5.32 Å². The Morgan fingerprint density at radius 2 is 2.35 bits per heavy atom. The molecule has 0 saturated heterocycles. The van der Waals surface area contributed by atoms with Gasteiger partial charge in [-0.1, -0.05) is 11.8 Å². The molecule has 0 unspecified atom stereocenters. The van der Waals surface area contributed by atoms with Crippen LogP contribution in [0.2, 0.25) is 0 Å².